The van der Waals surface area contributed by atoms with Crippen LogP contribution in [0.25, 0.3) is 0 Å². The molecular weight excluding hydrogens is 304 g/mol. The molecule has 3 heterocycles. The minimum Gasteiger partial charge on any atom is -0.390 e. The number of aliphatic hydroxyl groups is 2. The van der Waals surface area contributed by atoms with Gasteiger partial charge < -0.3 is 19.7 Å². The van der Waals surface area contributed by atoms with Crippen molar-refractivity contribution in [1.82, 2.24) is 0 Å². The van der Waals surface area contributed by atoms with E-state index in [0.717, 1.165) is 12.8 Å². The van der Waals surface area contributed by atoms with E-state index in [1.807, 2.05) is 0 Å². The van der Waals surface area contributed by atoms with Gasteiger partial charge in [0.1, 0.15) is 11.2 Å². The Bertz CT molecular complexity index is 568. The van der Waals surface area contributed by atoms with Gasteiger partial charge in [0.2, 0.25) is 0 Å². The molecule has 0 amide bonds. The van der Waals surface area contributed by atoms with E-state index in [1.54, 1.807) is 6.92 Å². The van der Waals surface area contributed by atoms with Crippen LogP contribution in [-0.2, 0) is 9.47 Å². The zero-order valence-corrected chi connectivity index (χ0v) is 15.6. The minimum absolute atomic E-state index is 0.0329. The molecule has 0 spiro atoms. The molecule has 0 radical (unpaired) electrons. The number of fused-ring (bicyclic) bond motifs is 5. The summed E-state index contributed by atoms with van der Waals surface area (Å²) in [5.74, 6) is 1.04. The van der Waals surface area contributed by atoms with Crippen molar-refractivity contribution < 1.29 is 19.7 Å². The van der Waals surface area contributed by atoms with E-state index in [-0.39, 0.29) is 29.3 Å². The summed E-state index contributed by atoms with van der Waals surface area (Å²) >= 11 is 0. The summed E-state index contributed by atoms with van der Waals surface area (Å²) in [6.45, 7) is 10.7. The maximum absolute atomic E-state index is 11.1. The van der Waals surface area contributed by atoms with Gasteiger partial charge in [-0.1, -0.05) is 32.4 Å². The highest BCUT2D eigenvalue weighted by molar-refractivity contribution is 5.27. The van der Waals surface area contributed by atoms with Crippen LogP contribution in [0.1, 0.15) is 60.3 Å². The predicted molar refractivity (Wildman–Crippen MR) is 91.6 cm³/mol. The van der Waals surface area contributed by atoms with Crippen molar-refractivity contribution in [3.05, 3.63) is 11.6 Å². The summed E-state index contributed by atoms with van der Waals surface area (Å²) in [4.78, 5) is 0. The molecule has 4 heteroatoms. The molecule has 136 valence electrons. The first kappa shape index (κ1) is 17.0. The molecular formula is C20H32O4. The van der Waals surface area contributed by atoms with Crippen LogP contribution in [-0.4, -0.2) is 45.8 Å². The molecule has 0 aromatic rings. The quantitative estimate of drug-likeness (QED) is 0.571. The Morgan fingerprint density at radius 1 is 1.17 bits per heavy atom. The number of rotatable bonds is 1. The predicted octanol–water partition coefficient (Wildman–Crippen LogP) is 2.82. The van der Waals surface area contributed by atoms with Crippen LogP contribution in [0.2, 0.25) is 0 Å². The second-order valence-electron chi connectivity index (χ2n) is 9.52. The molecule has 3 aliphatic heterocycles. The second-order valence-corrected chi connectivity index (χ2v) is 9.52. The largest absolute Gasteiger partial charge is 0.390 e. The van der Waals surface area contributed by atoms with Crippen molar-refractivity contribution in [2.75, 3.05) is 0 Å². The molecule has 4 aliphatic rings. The molecule has 0 saturated carbocycles. The van der Waals surface area contributed by atoms with Crippen molar-refractivity contribution in [2.24, 2.45) is 17.3 Å². The van der Waals surface area contributed by atoms with Crippen molar-refractivity contribution >= 4 is 0 Å². The highest BCUT2D eigenvalue weighted by Gasteiger charge is 2.66. The fourth-order valence-corrected chi connectivity index (χ4v) is 5.68. The summed E-state index contributed by atoms with van der Waals surface area (Å²) < 4.78 is 12.3. The first-order chi connectivity index (χ1) is 11.1. The number of allylic oxidation sites excluding steroid dienone is 1. The van der Waals surface area contributed by atoms with Crippen LogP contribution < -0.4 is 0 Å². The Hall–Kier alpha value is -0.420. The summed E-state index contributed by atoms with van der Waals surface area (Å²) in [6.07, 6.45) is 4.49. The average Bonchev–Trinajstić information content (AvgIpc) is 3.05. The van der Waals surface area contributed by atoms with E-state index < -0.39 is 11.7 Å². The molecule has 8 atom stereocenters. The van der Waals surface area contributed by atoms with Crippen molar-refractivity contribution in [1.29, 1.82) is 0 Å². The molecule has 3 fully saturated rings. The monoisotopic (exact) mass is 336 g/mol. The minimum atomic E-state index is -1.24. The topological polar surface area (TPSA) is 62.2 Å². The fraction of sp³-hybridized carbons (Fsp3) is 0.900. The number of epoxide rings is 1. The van der Waals surface area contributed by atoms with Gasteiger partial charge >= 0.3 is 0 Å². The highest BCUT2D eigenvalue weighted by Crippen LogP contribution is 2.58. The maximum Gasteiger partial charge on any atom is 0.118 e. The van der Waals surface area contributed by atoms with Crippen molar-refractivity contribution in [3.63, 3.8) is 0 Å². The Morgan fingerprint density at radius 3 is 2.54 bits per heavy atom. The fourth-order valence-electron chi connectivity index (χ4n) is 5.68. The summed E-state index contributed by atoms with van der Waals surface area (Å²) in [7, 11) is 0. The van der Waals surface area contributed by atoms with Crippen LogP contribution >= 0.6 is 0 Å². The number of hydrogen-bond acceptors (Lipinski definition) is 4. The highest BCUT2D eigenvalue weighted by atomic mass is 16.7. The van der Waals surface area contributed by atoms with E-state index in [9.17, 15) is 10.2 Å². The van der Waals surface area contributed by atoms with Gasteiger partial charge in [0.25, 0.3) is 0 Å². The first-order valence-corrected chi connectivity index (χ1v) is 9.52. The smallest absolute Gasteiger partial charge is 0.118 e. The summed E-state index contributed by atoms with van der Waals surface area (Å²) in [5.41, 5.74) is -0.161. The Labute approximate surface area is 145 Å². The number of aliphatic hydroxyl groups excluding tert-OH is 1. The zero-order valence-electron chi connectivity index (χ0n) is 15.6. The Morgan fingerprint density at radius 2 is 1.88 bits per heavy atom. The lowest BCUT2D eigenvalue weighted by Gasteiger charge is -2.43. The van der Waals surface area contributed by atoms with Gasteiger partial charge in [-0.05, 0) is 50.4 Å². The SMILES string of the molecule is CC(C)[C@@H]1CC=C2C[C@H]3OC(C[C@H]4O[C@@]34C)[C@](C)(O)C(O)C[C@]21C. The molecule has 2 unspecified atom stereocenters. The van der Waals surface area contributed by atoms with Crippen LogP contribution in [0.3, 0.4) is 0 Å². The van der Waals surface area contributed by atoms with Gasteiger partial charge in [-0.15, -0.1) is 0 Å². The molecule has 3 saturated heterocycles. The van der Waals surface area contributed by atoms with Crippen LogP contribution in [0.15, 0.2) is 11.6 Å². The van der Waals surface area contributed by atoms with Gasteiger partial charge in [0, 0.05) is 6.42 Å². The Kier molecular flexibility index (Phi) is 3.59. The molecule has 24 heavy (non-hydrogen) atoms. The van der Waals surface area contributed by atoms with E-state index >= 15 is 0 Å². The summed E-state index contributed by atoms with van der Waals surface area (Å²) in [6, 6.07) is 0. The molecule has 4 rings (SSSR count). The van der Waals surface area contributed by atoms with Gasteiger partial charge in [-0.3, -0.25) is 0 Å². The number of hydrogen-bond donors (Lipinski definition) is 2. The first-order valence-electron chi connectivity index (χ1n) is 9.52. The normalized spacial score (nSPS) is 56.7. The third-order valence-electron chi connectivity index (χ3n) is 7.70. The van der Waals surface area contributed by atoms with Crippen molar-refractivity contribution in [3.8, 4) is 0 Å². The second kappa shape index (κ2) is 5.06. The van der Waals surface area contributed by atoms with E-state index in [0.29, 0.717) is 24.7 Å². The van der Waals surface area contributed by atoms with Gasteiger partial charge in [0.15, 0.2) is 0 Å². The lowest BCUT2D eigenvalue weighted by atomic mass is 9.65. The lowest BCUT2D eigenvalue weighted by Crippen LogP contribution is -2.56. The third kappa shape index (κ3) is 2.19. The average molecular weight is 336 g/mol. The van der Waals surface area contributed by atoms with Crippen molar-refractivity contribution in [2.45, 2.75) is 95.9 Å². The van der Waals surface area contributed by atoms with Gasteiger partial charge in [-0.25, -0.2) is 0 Å². The van der Waals surface area contributed by atoms with E-state index in [1.165, 1.54) is 5.57 Å². The molecule has 4 nitrogen and oxygen atoms in total. The molecule has 2 N–H and O–H groups in total. The zero-order chi connectivity index (χ0) is 17.5. The summed E-state index contributed by atoms with van der Waals surface area (Å²) in [5, 5.41) is 22.1. The van der Waals surface area contributed by atoms with E-state index in [2.05, 4.69) is 33.8 Å². The molecule has 0 aromatic heterocycles. The maximum atomic E-state index is 11.1. The standard InChI is InChI=1S/C20H32O4/c1-11(2)13-7-6-12-8-16-20(5)17(24-20)9-15(23-16)19(4,22)14(21)10-18(12,13)3/h6,11,13-17,21-22H,7-10H2,1-5H3/t13-,14?,15?,16+,17+,18+,19+,20-/m0/s1. The van der Waals surface area contributed by atoms with Gasteiger partial charge in [0.05, 0.1) is 24.4 Å². The van der Waals surface area contributed by atoms with Crippen LogP contribution in [0.4, 0.5) is 0 Å². The molecule has 1 aliphatic carbocycles. The van der Waals surface area contributed by atoms with Crippen LogP contribution in [0.5, 0.6) is 0 Å². The molecule has 2 bridgehead atoms. The Balaban J connectivity index is 1.75. The number of ether oxygens (including phenoxy) is 2. The molecule has 0 aromatic carbocycles. The van der Waals surface area contributed by atoms with Gasteiger partial charge in [-0.2, -0.15) is 0 Å². The van der Waals surface area contributed by atoms with E-state index in [4.69, 9.17) is 9.47 Å². The van der Waals surface area contributed by atoms with Crippen LogP contribution in [0, 0.1) is 17.3 Å². The third-order valence-corrected chi connectivity index (χ3v) is 7.70. The lowest BCUT2D eigenvalue weighted by molar-refractivity contribution is -0.190.